The third-order valence-corrected chi connectivity index (χ3v) is 3.72. The van der Waals surface area contributed by atoms with E-state index in [1.165, 1.54) is 0 Å². The van der Waals surface area contributed by atoms with Crippen LogP contribution in [-0.2, 0) is 18.5 Å². The van der Waals surface area contributed by atoms with Gasteiger partial charge in [-0.25, -0.2) is 15.0 Å². The molecule has 0 saturated heterocycles. The summed E-state index contributed by atoms with van der Waals surface area (Å²) < 4.78 is 117. The Balaban J connectivity index is 2.31. The minimum atomic E-state index is -5.37. The van der Waals surface area contributed by atoms with Gasteiger partial charge in [0.2, 0.25) is 5.82 Å². The molecule has 0 bridgehead atoms. The highest BCUT2D eigenvalue weighted by molar-refractivity contribution is 6.32. The number of alkyl halides is 9. The second-order valence-corrected chi connectivity index (χ2v) is 5.82. The maximum absolute atomic E-state index is 13.2. The molecule has 3 heterocycles. The lowest BCUT2D eigenvalue weighted by Gasteiger charge is -2.11. The van der Waals surface area contributed by atoms with E-state index in [1.54, 1.807) is 0 Å². The Bertz CT molecular complexity index is 1100. The number of hydrogen-bond acceptors (Lipinski definition) is 5. The number of halogens is 10. The fourth-order valence-electron chi connectivity index (χ4n) is 2.25. The normalized spacial score (nSPS) is 13.3. The molecule has 0 fully saturated rings. The van der Waals surface area contributed by atoms with Gasteiger partial charge in [0.25, 0.3) is 0 Å². The largest absolute Gasteiger partial charge is 0.451 e. The molecule has 2 N–H and O–H groups in total. The minimum Gasteiger partial charge on any atom is -0.383 e. The van der Waals surface area contributed by atoms with Crippen molar-refractivity contribution in [3.05, 3.63) is 34.4 Å². The SMILES string of the molecule is Nc1c2c(C(F)(F)F)nc(C(F)(F)F)nc2nn1-c1ncc(C(F)(F)F)cc1Cl. The molecule has 0 unspecified atom stereocenters. The molecular weight excluding hydrogens is 447 g/mol. The van der Waals surface area contributed by atoms with E-state index in [1.807, 2.05) is 0 Å². The third kappa shape index (κ3) is 3.73. The van der Waals surface area contributed by atoms with E-state index in [0.717, 1.165) is 0 Å². The standard InChI is InChI=1S/C13H4ClF9N6/c14-4-1-3(11(15,16)17)2-25-9(4)29-7(24)5-6(12(18,19)20)26-10(13(21,22)23)27-8(5)28-29/h1-2H,24H2. The molecule has 0 aliphatic heterocycles. The van der Waals surface area contributed by atoms with Crippen LogP contribution in [0, 0.1) is 0 Å². The lowest BCUT2D eigenvalue weighted by Crippen LogP contribution is -2.17. The fraction of sp³-hybridized carbons (Fsp3) is 0.231. The maximum Gasteiger partial charge on any atom is 0.451 e. The van der Waals surface area contributed by atoms with Gasteiger partial charge in [0.15, 0.2) is 17.2 Å². The van der Waals surface area contributed by atoms with Crippen molar-refractivity contribution in [1.29, 1.82) is 0 Å². The molecule has 16 heteroatoms. The van der Waals surface area contributed by atoms with Gasteiger partial charge in [-0.15, -0.1) is 5.10 Å². The van der Waals surface area contributed by atoms with E-state index in [0.29, 0.717) is 16.9 Å². The van der Waals surface area contributed by atoms with Crippen molar-refractivity contribution >= 4 is 28.5 Å². The Kier molecular flexibility index (Phi) is 4.56. The van der Waals surface area contributed by atoms with Gasteiger partial charge in [0, 0.05) is 6.20 Å². The van der Waals surface area contributed by atoms with Crippen LogP contribution >= 0.6 is 11.6 Å². The molecule has 0 spiro atoms. The summed E-state index contributed by atoms with van der Waals surface area (Å²) in [6.07, 6.45) is -15.2. The Labute approximate surface area is 158 Å². The lowest BCUT2D eigenvalue weighted by molar-refractivity contribution is -0.151. The molecule has 0 aromatic carbocycles. The van der Waals surface area contributed by atoms with E-state index in [-0.39, 0.29) is 0 Å². The number of aromatic nitrogens is 5. The maximum atomic E-state index is 13.2. The summed E-state index contributed by atoms with van der Waals surface area (Å²) in [4.78, 5) is 8.75. The molecule has 0 saturated carbocycles. The summed E-state index contributed by atoms with van der Waals surface area (Å²) >= 11 is 5.69. The van der Waals surface area contributed by atoms with Crippen molar-refractivity contribution in [3.8, 4) is 5.82 Å². The van der Waals surface area contributed by atoms with E-state index < -0.39 is 63.3 Å². The van der Waals surface area contributed by atoms with Crippen LogP contribution in [0.3, 0.4) is 0 Å². The van der Waals surface area contributed by atoms with Gasteiger partial charge in [-0.05, 0) is 6.07 Å². The Morgan fingerprint density at radius 1 is 0.897 bits per heavy atom. The molecule has 156 valence electrons. The number of pyridine rings is 1. The van der Waals surface area contributed by atoms with E-state index in [2.05, 4.69) is 20.1 Å². The highest BCUT2D eigenvalue weighted by Crippen LogP contribution is 2.39. The molecule has 0 aliphatic rings. The quantitative estimate of drug-likeness (QED) is 0.552. The van der Waals surface area contributed by atoms with Gasteiger partial charge in [-0.2, -0.15) is 44.2 Å². The number of nitrogens with zero attached hydrogens (tertiary/aromatic N) is 5. The van der Waals surface area contributed by atoms with Crippen molar-refractivity contribution in [3.63, 3.8) is 0 Å². The van der Waals surface area contributed by atoms with Crippen LogP contribution < -0.4 is 5.73 Å². The van der Waals surface area contributed by atoms with Crippen LogP contribution in [0.25, 0.3) is 16.9 Å². The number of hydrogen-bond donors (Lipinski definition) is 1. The number of nitrogen functional groups attached to an aromatic ring is 1. The summed E-state index contributed by atoms with van der Waals surface area (Å²) in [5.41, 5.74) is 1.13. The Hall–Kier alpha value is -2.84. The highest BCUT2D eigenvalue weighted by atomic mass is 35.5. The predicted octanol–water partition coefficient (Wildman–Crippen LogP) is 4.50. The van der Waals surface area contributed by atoms with Gasteiger partial charge in [0.05, 0.1) is 16.0 Å². The zero-order valence-corrected chi connectivity index (χ0v) is 14.0. The van der Waals surface area contributed by atoms with Crippen LogP contribution in [0.4, 0.5) is 45.3 Å². The zero-order valence-electron chi connectivity index (χ0n) is 13.2. The molecular formula is C13H4ClF9N6. The summed E-state index contributed by atoms with van der Waals surface area (Å²) in [6.45, 7) is 0. The summed E-state index contributed by atoms with van der Waals surface area (Å²) in [5.74, 6) is -3.71. The van der Waals surface area contributed by atoms with Crippen molar-refractivity contribution in [2.75, 3.05) is 5.73 Å². The predicted molar refractivity (Wildman–Crippen MR) is 78.9 cm³/mol. The fourth-order valence-corrected chi connectivity index (χ4v) is 2.49. The highest BCUT2D eigenvalue weighted by Gasteiger charge is 2.43. The molecule has 0 atom stereocenters. The van der Waals surface area contributed by atoms with E-state index in [9.17, 15) is 39.5 Å². The third-order valence-electron chi connectivity index (χ3n) is 3.44. The first-order valence-corrected chi connectivity index (χ1v) is 7.42. The average Bonchev–Trinajstić information content (AvgIpc) is 2.88. The van der Waals surface area contributed by atoms with Gasteiger partial charge < -0.3 is 5.73 Å². The van der Waals surface area contributed by atoms with Gasteiger partial charge >= 0.3 is 18.5 Å². The Morgan fingerprint density at radius 2 is 1.52 bits per heavy atom. The molecule has 0 radical (unpaired) electrons. The molecule has 0 amide bonds. The number of rotatable bonds is 1. The van der Waals surface area contributed by atoms with Crippen molar-refractivity contribution < 1.29 is 39.5 Å². The first kappa shape index (κ1) is 20.9. The van der Waals surface area contributed by atoms with E-state index in [4.69, 9.17) is 17.3 Å². The van der Waals surface area contributed by atoms with Crippen LogP contribution in [0.2, 0.25) is 5.02 Å². The van der Waals surface area contributed by atoms with Crippen LogP contribution in [0.5, 0.6) is 0 Å². The average molecular weight is 451 g/mol. The van der Waals surface area contributed by atoms with Crippen molar-refractivity contribution in [2.24, 2.45) is 0 Å². The molecule has 0 aliphatic carbocycles. The summed E-state index contributed by atoms with van der Waals surface area (Å²) in [6, 6.07) is 0.396. The van der Waals surface area contributed by atoms with Crippen molar-refractivity contribution in [1.82, 2.24) is 24.7 Å². The first-order chi connectivity index (χ1) is 13.1. The van der Waals surface area contributed by atoms with E-state index >= 15 is 0 Å². The summed E-state index contributed by atoms with van der Waals surface area (Å²) in [7, 11) is 0. The van der Waals surface area contributed by atoms with Crippen LogP contribution in [0.15, 0.2) is 12.3 Å². The first-order valence-electron chi connectivity index (χ1n) is 7.04. The van der Waals surface area contributed by atoms with Crippen LogP contribution in [-0.4, -0.2) is 24.7 Å². The zero-order chi connectivity index (χ0) is 21.9. The molecule has 29 heavy (non-hydrogen) atoms. The molecule has 3 rings (SSSR count). The Morgan fingerprint density at radius 3 is 2.00 bits per heavy atom. The second kappa shape index (κ2) is 6.33. The second-order valence-electron chi connectivity index (χ2n) is 5.41. The van der Waals surface area contributed by atoms with Crippen molar-refractivity contribution in [2.45, 2.75) is 18.5 Å². The topological polar surface area (TPSA) is 82.5 Å². The molecule has 3 aromatic heterocycles. The smallest absolute Gasteiger partial charge is 0.383 e. The molecule has 3 aromatic rings. The lowest BCUT2D eigenvalue weighted by atomic mass is 10.2. The number of anilines is 1. The minimum absolute atomic E-state index is 0.296. The number of nitrogens with two attached hydrogens (primary N) is 1. The van der Waals surface area contributed by atoms with Crippen LogP contribution in [0.1, 0.15) is 17.1 Å². The number of fused-ring (bicyclic) bond motifs is 1. The molecule has 6 nitrogen and oxygen atoms in total. The van der Waals surface area contributed by atoms with Gasteiger partial charge in [-0.3, -0.25) is 0 Å². The van der Waals surface area contributed by atoms with Gasteiger partial charge in [0.1, 0.15) is 5.82 Å². The monoisotopic (exact) mass is 450 g/mol. The summed E-state index contributed by atoms with van der Waals surface area (Å²) in [5, 5.41) is 1.58. The van der Waals surface area contributed by atoms with Gasteiger partial charge in [-0.1, -0.05) is 11.6 Å².